The highest BCUT2D eigenvalue weighted by atomic mass is 32.2. The Kier molecular flexibility index (Phi) is 4.87. The fourth-order valence-corrected chi connectivity index (χ4v) is 4.59. The Balaban J connectivity index is 1.61. The maximum atomic E-state index is 13.0. The molecule has 7 heteroatoms. The predicted octanol–water partition coefficient (Wildman–Crippen LogP) is 3.53. The summed E-state index contributed by atoms with van der Waals surface area (Å²) in [4.78, 5) is 41.3. The van der Waals surface area contributed by atoms with E-state index in [1.807, 2.05) is 49.4 Å². The fourth-order valence-electron chi connectivity index (χ4n) is 3.23. The van der Waals surface area contributed by atoms with E-state index in [-0.39, 0.29) is 18.2 Å². The highest BCUT2D eigenvalue weighted by molar-refractivity contribution is 8.26. The summed E-state index contributed by atoms with van der Waals surface area (Å²) < 4.78 is 0.295. The molecule has 2 aliphatic rings. The van der Waals surface area contributed by atoms with Gasteiger partial charge in [0.15, 0.2) is 0 Å². The van der Waals surface area contributed by atoms with Gasteiger partial charge in [-0.25, -0.2) is 4.90 Å². The number of rotatable bonds is 3. The number of thiocarbonyl (C=S) groups is 1. The average molecular weight is 409 g/mol. The Morgan fingerprint density at radius 2 is 1.71 bits per heavy atom. The first kappa shape index (κ1) is 18.6. The number of benzene rings is 2. The van der Waals surface area contributed by atoms with Crippen LogP contribution in [0, 0.1) is 6.92 Å². The van der Waals surface area contributed by atoms with Gasteiger partial charge in [0.2, 0.25) is 5.91 Å². The average Bonchev–Trinajstić information content (AvgIpc) is 3.12. The van der Waals surface area contributed by atoms with Crippen LogP contribution in [0.4, 0.5) is 5.69 Å². The van der Waals surface area contributed by atoms with Crippen molar-refractivity contribution in [1.29, 1.82) is 0 Å². The Labute approximate surface area is 172 Å². The van der Waals surface area contributed by atoms with Gasteiger partial charge in [0, 0.05) is 0 Å². The quantitative estimate of drug-likeness (QED) is 0.442. The van der Waals surface area contributed by atoms with Crippen LogP contribution in [-0.2, 0) is 14.4 Å². The molecule has 0 aromatic heterocycles. The van der Waals surface area contributed by atoms with Crippen LogP contribution in [-0.4, -0.2) is 33.0 Å². The van der Waals surface area contributed by atoms with Gasteiger partial charge in [0.1, 0.15) is 10.4 Å². The number of anilines is 1. The van der Waals surface area contributed by atoms with Crippen LogP contribution in [0.3, 0.4) is 0 Å². The maximum absolute atomic E-state index is 13.0. The SMILES string of the molecule is Cc1ccc(N2C(=O)CC(N3C(=O)/C(=C/c4ccccc4)SC3=S)C2=O)cc1. The molecule has 4 rings (SSSR count). The standard InChI is InChI=1S/C21H16N2O3S2/c1-13-7-9-15(10-8-13)22-18(24)12-16(19(22)25)23-20(26)17(28-21(23)27)11-14-5-3-2-4-6-14/h2-11,16H,12H2,1H3/b17-11-. The van der Waals surface area contributed by atoms with Crippen molar-refractivity contribution in [3.05, 3.63) is 70.6 Å². The van der Waals surface area contributed by atoms with Crippen LogP contribution in [0.15, 0.2) is 59.5 Å². The largest absolute Gasteiger partial charge is 0.280 e. The molecule has 1 unspecified atom stereocenters. The van der Waals surface area contributed by atoms with Crippen molar-refractivity contribution in [1.82, 2.24) is 4.90 Å². The van der Waals surface area contributed by atoms with Crippen molar-refractivity contribution in [3.8, 4) is 0 Å². The van der Waals surface area contributed by atoms with E-state index in [0.29, 0.717) is 14.9 Å². The van der Waals surface area contributed by atoms with Crippen molar-refractivity contribution < 1.29 is 14.4 Å². The lowest BCUT2D eigenvalue weighted by molar-refractivity contribution is -0.129. The van der Waals surface area contributed by atoms with E-state index >= 15 is 0 Å². The molecule has 2 fully saturated rings. The number of imide groups is 1. The monoisotopic (exact) mass is 408 g/mol. The second kappa shape index (κ2) is 7.33. The van der Waals surface area contributed by atoms with Crippen LogP contribution in [0.5, 0.6) is 0 Å². The Bertz CT molecular complexity index is 1020. The predicted molar refractivity (Wildman–Crippen MR) is 114 cm³/mol. The molecule has 0 saturated carbocycles. The molecule has 0 aliphatic carbocycles. The summed E-state index contributed by atoms with van der Waals surface area (Å²) >= 11 is 6.51. The molecule has 0 spiro atoms. The van der Waals surface area contributed by atoms with Crippen molar-refractivity contribution in [2.24, 2.45) is 0 Å². The second-order valence-electron chi connectivity index (χ2n) is 6.59. The van der Waals surface area contributed by atoms with E-state index in [1.54, 1.807) is 18.2 Å². The Morgan fingerprint density at radius 3 is 2.39 bits per heavy atom. The van der Waals surface area contributed by atoms with E-state index < -0.39 is 11.9 Å². The highest BCUT2D eigenvalue weighted by Gasteiger charge is 2.48. The normalized spacial score (nSPS) is 21.3. The third-order valence-electron chi connectivity index (χ3n) is 4.65. The van der Waals surface area contributed by atoms with Gasteiger partial charge >= 0.3 is 0 Å². The van der Waals surface area contributed by atoms with Gasteiger partial charge in [-0.05, 0) is 30.7 Å². The molecule has 2 heterocycles. The maximum Gasteiger partial charge on any atom is 0.266 e. The van der Waals surface area contributed by atoms with Crippen molar-refractivity contribution in [2.45, 2.75) is 19.4 Å². The first-order valence-electron chi connectivity index (χ1n) is 8.71. The molecule has 3 amide bonds. The van der Waals surface area contributed by atoms with Crippen LogP contribution < -0.4 is 4.90 Å². The number of aryl methyl sites for hydroxylation is 1. The van der Waals surface area contributed by atoms with E-state index in [0.717, 1.165) is 27.8 Å². The minimum absolute atomic E-state index is 0.0717. The zero-order valence-electron chi connectivity index (χ0n) is 15.0. The summed E-state index contributed by atoms with van der Waals surface area (Å²) in [7, 11) is 0. The Morgan fingerprint density at radius 1 is 1.04 bits per heavy atom. The van der Waals surface area contributed by atoms with Gasteiger partial charge in [-0.2, -0.15) is 0 Å². The summed E-state index contributed by atoms with van der Waals surface area (Å²) in [5.74, 6) is -1.10. The summed E-state index contributed by atoms with van der Waals surface area (Å²) in [5.41, 5.74) is 2.41. The molecular formula is C21H16N2O3S2. The van der Waals surface area contributed by atoms with Crippen LogP contribution >= 0.6 is 24.0 Å². The molecule has 0 radical (unpaired) electrons. The molecule has 5 nitrogen and oxygen atoms in total. The number of nitrogens with zero attached hydrogens (tertiary/aromatic N) is 2. The lowest BCUT2D eigenvalue weighted by atomic mass is 10.2. The third-order valence-corrected chi connectivity index (χ3v) is 5.98. The van der Waals surface area contributed by atoms with E-state index in [2.05, 4.69) is 0 Å². The summed E-state index contributed by atoms with van der Waals surface area (Å²) in [6.45, 7) is 1.93. The second-order valence-corrected chi connectivity index (χ2v) is 8.26. The van der Waals surface area contributed by atoms with E-state index in [4.69, 9.17) is 12.2 Å². The van der Waals surface area contributed by atoms with Gasteiger partial charge in [-0.15, -0.1) is 0 Å². The number of thioether (sulfide) groups is 1. The minimum Gasteiger partial charge on any atom is -0.280 e. The number of amides is 3. The number of carbonyl (C=O) groups excluding carboxylic acids is 3. The zero-order chi connectivity index (χ0) is 19.8. The molecule has 2 aromatic carbocycles. The Hall–Kier alpha value is -2.77. The third kappa shape index (κ3) is 3.27. The number of hydrogen-bond acceptors (Lipinski definition) is 5. The minimum atomic E-state index is -0.900. The van der Waals surface area contributed by atoms with Gasteiger partial charge in [-0.3, -0.25) is 19.3 Å². The van der Waals surface area contributed by atoms with E-state index in [9.17, 15) is 14.4 Å². The number of carbonyl (C=O) groups is 3. The van der Waals surface area contributed by atoms with Crippen molar-refractivity contribution >= 4 is 57.8 Å². The van der Waals surface area contributed by atoms with Crippen molar-refractivity contribution in [3.63, 3.8) is 0 Å². The number of hydrogen-bond donors (Lipinski definition) is 0. The van der Waals surface area contributed by atoms with Gasteiger partial charge in [0.05, 0.1) is 17.0 Å². The molecule has 28 heavy (non-hydrogen) atoms. The summed E-state index contributed by atoms with van der Waals surface area (Å²) in [5, 5.41) is 0. The zero-order valence-corrected chi connectivity index (χ0v) is 16.6. The van der Waals surface area contributed by atoms with Crippen molar-refractivity contribution in [2.75, 3.05) is 4.90 Å². The molecule has 2 saturated heterocycles. The first-order chi connectivity index (χ1) is 13.5. The molecule has 0 bridgehead atoms. The van der Waals surface area contributed by atoms with E-state index in [1.165, 1.54) is 4.90 Å². The summed E-state index contributed by atoms with van der Waals surface area (Å²) in [6, 6.07) is 15.7. The molecule has 140 valence electrons. The molecule has 2 aliphatic heterocycles. The van der Waals surface area contributed by atoms with Gasteiger partial charge < -0.3 is 0 Å². The van der Waals surface area contributed by atoms with Gasteiger partial charge in [-0.1, -0.05) is 72.0 Å². The fraction of sp³-hybridized carbons (Fsp3) is 0.143. The highest BCUT2D eigenvalue weighted by Crippen LogP contribution is 2.37. The van der Waals surface area contributed by atoms with Gasteiger partial charge in [0.25, 0.3) is 11.8 Å². The first-order valence-corrected chi connectivity index (χ1v) is 9.94. The molecule has 1 atom stereocenters. The lowest BCUT2D eigenvalue weighted by Gasteiger charge is -2.21. The van der Waals surface area contributed by atoms with Crippen LogP contribution in [0.1, 0.15) is 17.5 Å². The lowest BCUT2D eigenvalue weighted by Crippen LogP contribution is -2.44. The smallest absolute Gasteiger partial charge is 0.266 e. The van der Waals surface area contributed by atoms with Crippen LogP contribution in [0.25, 0.3) is 6.08 Å². The molecule has 2 aromatic rings. The molecule has 0 N–H and O–H groups in total. The topological polar surface area (TPSA) is 57.7 Å². The molecular weight excluding hydrogens is 392 g/mol. The summed E-state index contributed by atoms with van der Waals surface area (Å²) in [6.07, 6.45) is 1.68. The van der Waals surface area contributed by atoms with Crippen LogP contribution in [0.2, 0.25) is 0 Å².